The van der Waals surface area contributed by atoms with Crippen molar-refractivity contribution in [3.8, 4) is 11.8 Å². The van der Waals surface area contributed by atoms with E-state index in [1.54, 1.807) is 12.1 Å². The van der Waals surface area contributed by atoms with Crippen molar-refractivity contribution in [2.75, 3.05) is 0 Å². The molecule has 0 fully saturated rings. The second-order valence-electron chi connectivity index (χ2n) is 4.13. The molecule has 0 spiro atoms. The predicted octanol–water partition coefficient (Wildman–Crippen LogP) is 4.02. The van der Waals surface area contributed by atoms with E-state index in [1.165, 1.54) is 0 Å². The molecule has 1 nitrogen and oxygen atoms in total. The van der Waals surface area contributed by atoms with Crippen molar-refractivity contribution in [3.05, 3.63) is 95.6 Å². The molecule has 0 radical (unpaired) electrons. The van der Waals surface area contributed by atoms with Gasteiger partial charge in [0.1, 0.15) is 6.29 Å². The molecule has 0 aliphatic rings. The zero-order valence-electron chi connectivity index (χ0n) is 11.3. The Morgan fingerprint density at radius 1 is 0.905 bits per heavy atom. The zero-order valence-corrected chi connectivity index (χ0v) is 12.4. The Balaban J connectivity index is 0.000000313. The minimum Gasteiger partial charge on any atom is -0.298 e. The van der Waals surface area contributed by atoms with E-state index in [-0.39, 0.29) is 17.1 Å². The summed E-state index contributed by atoms with van der Waals surface area (Å²) in [6.07, 6.45) is 0.827. The SMILES string of the molecule is O=Cc1cccc(C#Cc2ccc[cH-]2)c1.[Fe+2].c1cc[cH-]c1. The molecule has 3 aromatic rings. The van der Waals surface area contributed by atoms with Gasteiger partial charge in [0.15, 0.2) is 0 Å². The molecule has 2 heteroatoms. The molecule has 3 aromatic carbocycles. The van der Waals surface area contributed by atoms with Crippen LogP contribution in [-0.4, -0.2) is 6.29 Å². The van der Waals surface area contributed by atoms with E-state index < -0.39 is 0 Å². The van der Waals surface area contributed by atoms with Gasteiger partial charge < -0.3 is 0 Å². The van der Waals surface area contributed by atoms with E-state index in [4.69, 9.17) is 0 Å². The third-order valence-corrected chi connectivity index (χ3v) is 2.59. The number of benzene rings is 1. The van der Waals surface area contributed by atoms with Gasteiger partial charge in [-0.15, -0.1) is 17.6 Å². The van der Waals surface area contributed by atoms with Crippen LogP contribution in [0.2, 0.25) is 0 Å². The van der Waals surface area contributed by atoms with Crippen molar-refractivity contribution in [2.45, 2.75) is 0 Å². The summed E-state index contributed by atoms with van der Waals surface area (Å²) in [7, 11) is 0. The van der Waals surface area contributed by atoms with Crippen molar-refractivity contribution in [1.82, 2.24) is 0 Å². The van der Waals surface area contributed by atoms with Gasteiger partial charge in [-0.2, -0.15) is 42.3 Å². The van der Waals surface area contributed by atoms with Gasteiger partial charge in [-0.1, -0.05) is 12.1 Å². The Morgan fingerprint density at radius 2 is 1.71 bits per heavy atom. The van der Waals surface area contributed by atoms with Gasteiger partial charge in [-0.25, -0.2) is 12.1 Å². The second kappa shape index (κ2) is 9.55. The Bertz CT molecular complexity index is 666. The first-order chi connectivity index (χ1) is 9.88. The van der Waals surface area contributed by atoms with Gasteiger partial charge in [0, 0.05) is 11.1 Å². The molecule has 0 aliphatic carbocycles. The average Bonchev–Trinajstić information content (AvgIpc) is 3.21. The Morgan fingerprint density at radius 3 is 2.29 bits per heavy atom. The van der Waals surface area contributed by atoms with Gasteiger partial charge in [-0.05, 0) is 12.1 Å². The number of hydrogen-bond donors (Lipinski definition) is 0. The summed E-state index contributed by atoms with van der Waals surface area (Å²) in [5.74, 6) is 6.04. The van der Waals surface area contributed by atoms with Crippen LogP contribution in [0.3, 0.4) is 0 Å². The maximum absolute atomic E-state index is 10.5. The van der Waals surface area contributed by atoms with Gasteiger partial charge >= 0.3 is 17.1 Å². The summed E-state index contributed by atoms with van der Waals surface area (Å²) in [5, 5.41) is 0. The molecule has 0 amide bonds. The Hall–Kier alpha value is -2.33. The normalized spacial score (nSPS) is 8.38. The van der Waals surface area contributed by atoms with Crippen LogP contribution in [0.15, 0.2) is 78.9 Å². The first-order valence-corrected chi connectivity index (χ1v) is 6.34. The minimum absolute atomic E-state index is 0. The van der Waals surface area contributed by atoms with Gasteiger partial charge in [0.2, 0.25) is 0 Å². The van der Waals surface area contributed by atoms with Gasteiger partial charge in [0.25, 0.3) is 0 Å². The van der Waals surface area contributed by atoms with Crippen molar-refractivity contribution < 1.29 is 21.9 Å². The molecule has 0 N–H and O–H groups in total. The van der Waals surface area contributed by atoms with Crippen molar-refractivity contribution in [3.63, 3.8) is 0 Å². The van der Waals surface area contributed by atoms with Crippen LogP contribution in [0.1, 0.15) is 21.5 Å². The van der Waals surface area contributed by atoms with Crippen molar-refractivity contribution >= 4 is 6.29 Å². The molecule has 0 aromatic heterocycles. The quantitative estimate of drug-likeness (QED) is 0.287. The monoisotopic (exact) mass is 314 g/mol. The first-order valence-electron chi connectivity index (χ1n) is 6.34. The molecule has 104 valence electrons. The molecule has 0 heterocycles. The topological polar surface area (TPSA) is 17.1 Å². The summed E-state index contributed by atoms with van der Waals surface area (Å²) >= 11 is 0. The largest absolute Gasteiger partial charge is 2.00 e. The van der Waals surface area contributed by atoms with Crippen LogP contribution in [0.4, 0.5) is 0 Å². The van der Waals surface area contributed by atoms with E-state index in [9.17, 15) is 4.79 Å². The molecule has 21 heavy (non-hydrogen) atoms. The maximum Gasteiger partial charge on any atom is 2.00 e. The van der Waals surface area contributed by atoms with Crippen LogP contribution in [0, 0.1) is 11.8 Å². The van der Waals surface area contributed by atoms with Crippen LogP contribution in [0.25, 0.3) is 0 Å². The Kier molecular flexibility index (Phi) is 7.61. The number of carbonyl (C=O) groups excluding carboxylic acids is 1. The smallest absolute Gasteiger partial charge is 0.298 e. The summed E-state index contributed by atoms with van der Waals surface area (Å²) < 4.78 is 0. The second-order valence-corrected chi connectivity index (χ2v) is 4.13. The van der Waals surface area contributed by atoms with E-state index in [1.807, 2.05) is 66.7 Å². The maximum atomic E-state index is 10.5. The number of hydrogen-bond acceptors (Lipinski definition) is 1. The average molecular weight is 314 g/mol. The van der Waals surface area contributed by atoms with Gasteiger partial charge in [-0.3, -0.25) is 4.79 Å². The molecular formula is C19H14FeO. The Labute approximate surface area is 135 Å². The van der Waals surface area contributed by atoms with Gasteiger partial charge in [0.05, 0.1) is 0 Å². The number of carbonyl (C=O) groups is 1. The van der Waals surface area contributed by atoms with Crippen molar-refractivity contribution in [1.29, 1.82) is 0 Å². The molecule has 3 rings (SSSR count). The number of aldehydes is 1. The van der Waals surface area contributed by atoms with Crippen LogP contribution in [0.5, 0.6) is 0 Å². The van der Waals surface area contributed by atoms with Crippen LogP contribution in [-0.2, 0) is 17.1 Å². The van der Waals surface area contributed by atoms with Crippen LogP contribution < -0.4 is 0 Å². The van der Waals surface area contributed by atoms with Crippen LogP contribution >= 0.6 is 0 Å². The molecule has 0 unspecified atom stereocenters. The summed E-state index contributed by atoms with van der Waals surface area (Å²) in [6, 6.07) is 25.1. The summed E-state index contributed by atoms with van der Waals surface area (Å²) in [4.78, 5) is 10.5. The minimum atomic E-state index is 0. The fourth-order valence-corrected chi connectivity index (χ4v) is 1.61. The summed E-state index contributed by atoms with van der Waals surface area (Å²) in [5.41, 5.74) is 2.51. The molecule has 0 aliphatic heterocycles. The fraction of sp³-hybridized carbons (Fsp3) is 0. The first kappa shape index (κ1) is 16.7. The third kappa shape index (κ3) is 6.10. The number of rotatable bonds is 1. The molecular weight excluding hydrogens is 300 g/mol. The van der Waals surface area contributed by atoms with Crippen molar-refractivity contribution in [2.24, 2.45) is 0 Å². The van der Waals surface area contributed by atoms with E-state index >= 15 is 0 Å². The standard InChI is InChI=1S/C14H9O.C5H5.Fe/c15-11-14-7-3-6-13(10-14)9-8-12-4-1-2-5-12;1-2-4-5-3-1;/h1-7,10-11H;1-5H;/q2*-1;+2. The fourth-order valence-electron chi connectivity index (χ4n) is 1.61. The van der Waals surface area contributed by atoms with E-state index in [2.05, 4.69) is 11.8 Å². The van der Waals surface area contributed by atoms with E-state index in [0.29, 0.717) is 5.56 Å². The zero-order chi connectivity index (χ0) is 14.0. The molecule has 0 saturated heterocycles. The van der Waals surface area contributed by atoms with E-state index in [0.717, 1.165) is 17.4 Å². The molecule has 0 bridgehead atoms. The third-order valence-electron chi connectivity index (χ3n) is 2.59. The summed E-state index contributed by atoms with van der Waals surface area (Å²) in [6.45, 7) is 0. The predicted molar refractivity (Wildman–Crippen MR) is 81.9 cm³/mol. The molecule has 0 atom stereocenters. The molecule has 0 saturated carbocycles.